The smallest absolute Gasteiger partial charge is 0.323 e. The maximum absolute atomic E-state index is 12.4. The number of aromatic nitrogens is 2. The molecule has 0 aliphatic carbocycles. The van der Waals surface area contributed by atoms with Gasteiger partial charge in [-0.1, -0.05) is 12.1 Å². The monoisotopic (exact) mass is 407 g/mol. The molecule has 0 bridgehead atoms. The molecule has 0 unspecified atom stereocenters. The number of rotatable bonds is 5. The summed E-state index contributed by atoms with van der Waals surface area (Å²) in [5.74, 6) is -0.993. The molecule has 30 heavy (non-hydrogen) atoms. The zero-order valence-corrected chi connectivity index (χ0v) is 16.8. The summed E-state index contributed by atoms with van der Waals surface area (Å²) in [6.07, 6.45) is 0.570. The van der Waals surface area contributed by atoms with E-state index < -0.39 is 18.0 Å². The summed E-state index contributed by atoms with van der Waals surface area (Å²) in [5.41, 5.74) is 4.97. The quantitative estimate of drug-likeness (QED) is 0.439. The molecule has 4 rings (SSSR count). The van der Waals surface area contributed by atoms with Gasteiger partial charge in [0, 0.05) is 16.6 Å². The van der Waals surface area contributed by atoms with Crippen molar-refractivity contribution in [3.05, 3.63) is 63.8 Å². The van der Waals surface area contributed by atoms with E-state index in [1.807, 2.05) is 26.0 Å². The third-order valence-electron chi connectivity index (χ3n) is 5.14. The van der Waals surface area contributed by atoms with Gasteiger partial charge in [-0.05, 0) is 50.1 Å². The molecule has 4 aromatic rings. The zero-order valence-electron chi connectivity index (χ0n) is 16.8. The molecule has 0 fully saturated rings. The van der Waals surface area contributed by atoms with Crippen LogP contribution in [0.15, 0.2) is 45.8 Å². The van der Waals surface area contributed by atoms with Crippen LogP contribution < -0.4 is 11.0 Å². The fourth-order valence-corrected chi connectivity index (χ4v) is 3.33. The molecule has 0 aliphatic heterocycles. The number of imidazole rings is 1. The van der Waals surface area contributed by atoms with Crippen LogP contribution in [0.3, 0.4) is 0 Å². The third-order valence-corrected chi connectivity index (χ3v) is 5.14. The maximum atomic E-state index is 12.4. The molecule has 154 valence electrons. The van der Waals surface area contributed by atoms with Gasteiger partial charge in [-0.2, -0.15) is 0 Å². The van der Waals surface area contributed by atoms with Crippen LogP contribution in [0.5, 0.6) is 0 Å². The number of aryl methyl sites for hydroxylation is 2. The molecule has 8 heteroatoms. The van der Waals surface area contributed by atoms with Crippen molar-refractivity contribution in [2.75, 3.05) is 5.32 Å². The van der Waals surface area contributed by atoms with Crippen molar-refractivity contribution in [2.45, 2.75) is 33.3 Å². The lowest BCUT2D eigenvalue weighted by atomic mass is 10.0. The number of esters is 1. The van der Waals surface area contributed by atoms with Crippen molar-refractivity contribution in [1.82, 2.24) is 9.97 Å². The number of carbonyl (C=O) groups excluding carboxylic acids is 2. The summed E-state index contributed by atoms with van der Waals surface area (Å²) in [5, 5.41) is 3.54. The highest BCUT2D eigenvalue weighted by molar-refractivity contribution is 5.97. The number of carbonyl (C=O) groups is 2. The fraction of sp³-hybridized carbons (Fsp3) is 0.227. The van der Waals surface area contributed by atoms with Crippen molar-refractivity contribution in [3.8, 4) is 0 Å². The highest BCUT2D eigenvalue weighted by atomic mass is 16.5. The number of furan rings is 1. The van der Waals surface area contributed by atoms with Crippen molar-refractivity contribution >= 4 is 39.6 Å². The highest BCUT2D eigenvalue weighted by Crippen LogP contribution is 2.27. The van der Waals surface area contributed by atoms with E-state index in [9.17, 15) is 14.4 Å². The van der Waals surface area contributed by atoms with Crippen molar-refractivity contribution < 1.29 is 18.7 Å². The summed E-state index contributed by atoms with van der Waals surface area (Å²) >= 11 is 0. The largest absolute Gasteiger partial charge is 0.464 e. The van der Waals surface area contributed by atoms with Gasteiger partial charge >= 0.3 is 11.7 Å². The van der Waals surface area contributed by atoms with Crippen LogP contribution in [0.2, 0.25) is 0 Å². The van der Waals surface area contributed by atoms with Gasteiger partial charge < -0.3 is 24.4 Å². The van der Waals surface area contributed by atoms with Crippen molar-refractivity contribution in [2.24, 2.45) is 0 Å². The number of anilines is 1. The third kappa shape index (κ3) is 3.71. The number of nitrogens with one attached hydrogen (secondary N) is 3. The van der Waals surface area contributed by atoms with Crippen LogP contribution in [0.4, 0.5) is 5.69 Å². The second-order valence-corrected chi connectivity index (χ2v) is 7.28. The zero-order chi connectivity index (χ0) is 21.4. The molecule has 2 heterocycles. The van der Waals surface area contributed by atoms with Gasteiger partial charge in [-0.15, -0.1) is 0 Å². The first-order chi connectivity index (χ1) is 14.3. The van der Waals surface area contributed by atoms with Crippen LogP contribution in [-0.4, -0.2) is 27.9 Å². The van der Waals surface area contributed by atoms with Gasteiger partial charge in [0.15, 0.2) is 6.10 Å². The van der Waals surface area contributed by atoms with Crippen molar-refractivity contribution in [3.63, 3.8) is 0 Å². The first kappa shape index (κ1) is 19.5. The van der Waals surface area contributed by atoms with Crippen LogP contribution in [0.25, 0.3) is 22.0 Å². The van der Waals surface area contributed by atoms with Gasteiger partial charge in [0.1, 0.15) is 5.58 Å². The lowest BCUT2D eigenvalue weighted by molar-refractivity contribution is -0.152. The Morgan fingerprint density at radius 3 is 2.70 bits per heavy atom. The molecule has 0 spiro atoms. The van der Waals surface area contributed by atoms with Gasteiger partial charge in [0.05, 0.1) is 23.7 Å². The lowest BCUT2D eigenvalue weighted by Crippen LogP contribution is -2.30. The normalized spacial score (nSPS) is 12.2. The Morgan fingerprint density at radius 2 is 1.90 bits per heavy atom. The van der Waals surface area contributed by atoms with Gasteiger partial charge in [0.2, 0.25) is 0 Å². The molecule has 1 atom stereocenters. The minimum atomic E-state index is -0.986. The predicted octanol–water partition coefficient (Wildman–Crippen LogP) is 3.33. The van der Waals surface area contributed by atoms with E-state index in [0.717, 1.165) is 22.1 Å². The highest BCUT2D eigenvalue weighted by Gasteiger charge is 2.20. The number of ether oxygens (including phenoxy) is 1. The first-order valence-corrected chi connectivity index (χ1v) is 9.50. The summed E-state index contributed by atoms with van der Waals surface area (Å²) in [4.78, 5) is 41.3. The molecule has 0 saturated heterocycles. The minimum absolute atomic E-state index is 0.00364. The van der Waals surface area contributed by atoms with Gasteiger partial charge in [-0.25, -0.2) is 4.79 Å². The second kappa shape index (κ2) is 7.55. The molecule has 1 amide bonds. The van der Waals surface area contributed by atoms with Crippen molar-refractivity contribution in [1.29, 1.82) is 0 Å². The van der Waals surface area contributed by atoms with E-state index in [-0.39, 0.29) is 12.1 Å². The van der Waals surface area contributed by atoms with Crippen LogP contribution in [0.1, 0.15) is 23.6 Å². The van der Waals surface area contributed by atoms with Crippen LogP contribution >= 0.6 is 0 Å². The molecular formula is C22H21N3O5. The molecule has 3 N–H and O–H groups in total. The number of H-pyrrole nitrogens is 2. The average Bonchev–Trinajstić information content (AvgIpc) is 3.27. The van der Waals surface area contributed by atoms with E-state index >= 15 is 0 Å². The van der Waals surface area contributed by atoms with Gasteiger partial charge in [-0.3, -0.25) is 9.59 Å². The standard InChI is InChI=1S/C22H21N3O5/c1-11-4-6-16-14(10-29-20(16)12(11)2)8-19(26)30-13(3)21(27)23-15-5-7-17-18(9-15)25-22(28)24-17/h4-7,9-10,13H,8H2,1-3H3,(H,23,27)(H2,24,25,28)/t13-/m1/s1. The topological polar surface area (TPSA) is 117 Å². The Bertz CT molecular complexity index is 1330. The number of benzene rings is 2. The van der Waals surface area contributed by atoms with Gasteiger partial charge in [0.25, 0.3) is 5.91 Å². The molecule has 0 aliphatic rings. The number of hydrogen-bond acceptors (Lipinski definition) is 5. The molecule has 0 radical (unpaired) electrons. The SMILES string of the molecule is Cc1ccc2c(CC(=O)O[C@H](C)C(=O)Nc3ccc4[nH]c(=O)[nH]c4c3)coc2c1C. The fourth-order valence-electron chi connectivity index (χ4n) is 3.33. The first-order valence-electron chi connectivity index (χ1n) is 9.50. The second-order valence-electron chi connectivity index (χ2n) is 7.28. The van der Waals surface area contributed by atoms with E-state index in [1.54, 1.807) is 24.5 Å². The molecular weight excluding hydrogens is 386 g/mol. The van der Waals surface area contributed by atoms with E-state index in [4.69, 9.17) is 9.15 Å². The average molecular weight is 407 g/mol. The summed E-state index contributed by atoms with van der Waals surface area (Å²) in [6, 6.07) is 8.85. The minimum Gasteiger partial charge on any atom is -0.464 e. The van der Waals surface area contributed by atoms with Crippen LogP contribution in [-0.2, 0) is 20.7 Å². The number of amides is 1. The summed E-state index contributed by atoms with van der Waals surface area (Å²) < 4.78 is 10.9. The molecule has 8 nitrogen and oxygen atoms in total. The Kier molecular flexibility index (Phi) is 4.91. The summed E-state index contributed by atoms with van der Waals surface area (Å²) in [6.45, 7) is 5.47. The number of hydrogen-bond donors (Lipinski definition) is 3. The summed E-state index contributed by atoms with van der Waals surface area (Å²) in [7, 11) is 0. The lowest BCUT2D eigenvalue weighted by Gasteiger charge is -2.13. The Balaban J connectivity index is 1.40. The number of aromatic amines is 2. The molecule has 0 saturated carbocycles. The Labute approximate surface area is 171 Å². The van der Waals surface area contributed by atoms with E-state index in [2.05, 4.69) is 15.3 Å². The van der Waals surface area contributed by atoms with E-state index in [0.29, 0.717) is 22.3 Å². The Hall–Kier alpha value is -3.81. The Morgan fingerprint density at radius 1 is 1.13 bits per heavy atom. The molecule has 2 aromatic heterocycles. The molecule has 2 aromatic carbocycles. The predicted molar refractivity (Wildman–Crippen MR) is 112 cm³/mol. The maximum Gasteiger partial charge on any atom is 0.323 e. The number of fused-ring (bicyclic) bond motifs is 2. The van der Waals surface area contributed by atoms with E-state index in [1.165, 1.54) is 6.92 Å². The van der Waals surface area contributed by atoms with Crippen LogP contribution in [0, 0.1) is 13.8 Å².